The summed E-state index contributed by atoms with van der Waals surface area (Å²) in [7, 11) is 1.74. The lowest BCUT2D eigenvalue weighted by Crippen LogP contribution is -2.32. The zero-order chi connectivity index (χ0) is 7.82. The summed E-state index contributed by atoms with van der Waals surface area (Å²) in [6, 6.07) is 0.484. The van der Waals surface area contributed by atoms with E-state index in [0.717, 1.165) is 12.8 Å². The first kappa shape index (κ1) is 9.88. The number of rotatable bonds is 6. The summed E-state index contributed by atoms with van der Waals surface area (Å²) in [5.74, 6) is 0. The number of hydroxylamine groups is 2. The number of nitrogens with one attached hydrogen (secondary N) is 2. The highest BCUT2D eigenvalue weighted by atomic mass is 16.8. The van der Waals surface area contributed by atoms with E-state index in [0.29, 0.717) is 6.04 Å². The summed E-state index contributed by atoms with van der Waals surface area (Å²) < 4.78 is 0. The largest absolute Gasteiger partial charge is 0.214 e. The molecule has 0 bridgehead atoms. The zero-order valence-corrected chi connectivity index (χ0v) is 7.11. The summed E-state index contributed by atoms with van der Waals surface area (Å²) in [5, 5.41) is 0. The average Bonchev–Trinajstić information content (AvgIpc) is 1.98. The molecule has 0 aliphatic rings. The van der Waals surface area contributed by atoms with Gasteiger partial charge in [0.2, 0.25) is 0 Å². The first-order valence-corrected chi connectivity index (χ1v) is 3.93. The maximum absolute atomic E-state index is 4.84. The standard InChI is InChI=1S/C7H18N2O/c1-4-6-7(5-2)9-10-8-3/h7-9H,4-6H2,1-3H3. The first-order valence-electron chi connectivity index (χ1n) is 3.93. The van der Waals surface area contributed by atoms with Gasteiger partial charge in [-0.05, 0) is 12.8 Å². The second-order valence-electron chi connectivity index (χ2n) is 2.32. The summed E-state index contributed by atoms with van der Waals surface area (Å²) in [4.78, 5) is 4.84. The Morgan fingerprint density at radius 2 is 2.10 bits per heavy atom. The van der Waals surface area contributed by atoms with Crippen LogP contribution in [0.25, 0.3) is 0 Å². The van der Waals surface area contributed by atoms with Gasteiger partial charge in [-0.25, -0.2) is 4.94 Å². The van der Waals surface area contributed by atoms with Crippen LogP contribution in [-0.4, -0.2) is 13.1 Å². The lowest BCUT2D eigenvalue weighted by molar-refractivity contribution is -0.0473. The number of hydrogen-bond acceptors (Lipinski definition) is 3. The van der Waals surface area contributed by atoms with E-state index in [1.807, 2.05) is 0 Å². The molecular formula is C7H18N2O. The Labute approximate surface area is 63.1 Å². The summed E-state index contributed by atoms with van der Waals surface area (Å²) in [6.45, 7) is 4.32. The summed E-state index contributed by atoms with van der Waals surface area (Å²) in [5.41, 5.74) is 5.49. The molecule has 0 amide bonds. The summed E-state index contributed by atoms with van der Waals surface area (Å²) >= 11 is 0. The Hall–Kier alpha value is -0.120. The predicted molar refractivity (Wildman–Crippen MR) is 42.3 cm³/mol. The monoisotopic (exact) mass is 146 g/mol. The molecule has 0 spiro atoms. The van der Waals surface area contributed by atoms with E-state index in [9.17, 15) is 0 Å². The highest BCUT2D eigenvalue weighted by Crippen LogP contribution is 1.99. The molecule has 62 valence electrons. The highest BCUT2D eigenvalue weighted by molar-refractivity contribution is 4.56. The van der Waals surface area contributed by atoms with Gasteiger partial charge in [0.1, 0.15) is 0 Å². The van der Waals surface area contributed by atoms with Gasteiger partial charge in [-0.3, -0.25) is 0 Å². The van der Waals surface area contributed by atoms with Crippen LogP contribution in [0, 0.1) is 0 Å². The molecule has 0 aromatic rings. The molecule has 0 radical (unpaired) electrons. The van der Waals surface area contributed by atoms with Crippen molar-refractivity contribution in [2.45, 2.75) is 39.2 Å². The Bertz CT molecular complexity index is 68.6. The molecule has 0 aromatic heterocycles. The molecule has 1 atom stereocenters. The molecule has 0 aliphatic heterocycles. The average molecular weight is 146 g/mol. The molecule has 0 heterocycles. The fraction of sp³-hybridized carbons (Fsp3) is 1.00. The summed E-state index contributed by atoms with van der Waals surface area (Å²) in [6.07, 6.45) is 3.46. The van der Waals surface area contributed by atoms with Crippen LogP contribution in [0.15, 0.2) is 0 Å². The highest BCUT2D eigenvalue weighted by Gasteiger charge is 2.02. The molecule has 0 fully saturated rings. The van der Waals surface area contributed by atoms with Crippen LogP contribution >= 0.6 is 0 Å². The van der Waals surface area contributed by atoms with Crippen LogP contribution in [0.5, 0.6) is 0 Å². The second kappa shape index (κ2) is 6.99. The van der Waals surface area contributed by atoms with Crippen molar-refractivity contribution in [3.8, 4) is 0 Å². The van der Waals surface area contributed by atoms with Crippen LogP contribution in [0.1, 0.15) is 33.1 Å². The van der Waals surface area contributed by atoms with E-state index >= 15 is 0 Å². The first-order chi connectivity index (χ1) is 4.85. The minimum atomic E-state index is 0.484. The molecule has 3 heteroatoms. The minimum Gasteiger partial charge on any atom is -0.214 e. The number of hydrogen-bond donors (Lipinski definition) is 2. The Kier molecular flexibility index (Phi) is 6.91. The normalized spacial score (nSPS) is 13.5. The van der Waals surface area contributed by atoms with Crippen molar-refractivity contribution in [3.05, 3.63) is 0 Å². The molecular weight excluding hydrogens is 128 g/mol. The predicted octanol–water partition coefficient (Wildman–Crippen LogP) is 1.22. The van der Waals surface area contributed by atoms with Gasteiger partial charge < -0.3 is 0 Å². The lowest BCUT2D eigenvalue weighted by atomic mass is 10.1. The van der Waals surface area contributed by atoms with Gasteiger partial charge >= 0.3 is 0 Å². The van der Waals surface area contributed by atoms with Crippen LogP contribution in [0.4, 0.5) is 0 Å². The van der Waals surface area contributed by atoms with E-state index < -0.39 is 0 Å². The van der Waals surface area contributed by atoms with Gasteiger partial charge in [0.05, 0.1) is 0 Å². The maximum atomic E-state index is 4.84. The van der Waals surface area contributed by atoms with Crippen molar-refractivity contribution in [2.24, 2.45) is 0 Å². The van der Waals surface area contributed by atoms with Crippen molar-refractivity contribution in [3.63, 3.8) is 0 Å². The van der Waals surface area contributed by atoms with Gasteiger partial charge in [0.15, 0.2) is 0 Å². The van der Waals surface area contributed by atoms with Gasteiger partial charge in [0.25, 0.3) is 0 Å². The SMILES string of the molecule is CCCC(CC)NONC. The van der Waals surface area contributed by atoms with E-state index in [2.05, 4.69) is 24.8 Å². The van der Waals surface area contributed by atoms with Crippen LogP contribution in [-0.2, 0) is 4.94 Å². The van der Waals surface area contributed by atoms with Crippen LogP contribution in [0.2, 0.25) is 0 Å². The van der Waals surface area contributed by atoms with Crippen LogP contribution < -0.4 is 11.0 Å². The minimum absolute atomic E-state index is 0.484. The maximum Gasteiger partial charge on any atom is 0.0338 e. The van der Waals surface area contributed by atoms with E-state index in [-0.39, 0.29) is 0 Å². The third-order valence-corrected chi connectivity index (χ3v) is 1.46. The van der Waals surface area contributed by atoms with Crippen LogP contribution in [0.3, 0.4) is 0 Å². The molecule has 10 heavy (non-hydrogen) atoms. The van der Waals surface area contributed by atoms with Crippen molar-refractivity contribution in [2.75, 3.05) is 7.05 Å². The molecule has 0 rings (SSSR count). The van der Waals surface area contributed by atoms with Crippen molar-refractivity contribution >= 4 is 0 Å². The quantitative estimate of drug-likeness (QED) is 0.553. The second-order valence-corrected chi connectivity index (χ2v) is 2.32. The smallest absolute Gasteiger partial charge is 0.0338 e. The van der Waals surface area contributed by atoms with Crippen molar-refractivity contribution in [1.82, 2.24) is 11.0 Å². The van der Waals surface area contributed by atoms with E-state index in [4.69, 9.17) is 4.94 Å². The lowest BCUT2D eigenvalue weighted by Gasteiger charge is -2.13. The van der Waals surface area contributed by atoms with Gasteiger partial charge in [-0.15, -0.1) is 0 Å². The Morgan fingerprint density at radius 1 is 1.40 bits per heavy atom. The van der Waals surface area contributed by atoms with E-state index in [1.165, 1.54) is 6.42 Å². The fourth-order valence-corrected chi connectivity index (χ4v) is 0.837. The zero-order valence-electron chi connectivity index (χ0n) is 7.11. The molecule has 2 N–H and O–H groups in total. The third kappa shape index (κ3) is 4.73. The Balaban J connectivity index is 3.21. The molecule has 0 aromatic carbocycles. The van der Waals surface area contributed by atoms with E-state index in [1.54, 1.807) is 7.05 Å². The molecule has 0 saturated heterocycles. The molecule has 3 nitrogen and oxygen atoms in total. The topological polar surface area (TPSA) is 33.3 Å². The van der Waals surface area contributed by atoms with Gasteiger partial charge in [-0.2, -0.15) is 11.0 Å². The molecule has 0 aliphatic carbocycles. The molecule has 0 saturated carbocycles. The fourth-order valence-electron chi connectivity index (χ4n) is 0.837. The Morgan fingerprint density at radius 3 is 2.50 bits per heavy atom. The third-order valence-electron chi connectivity index (χ3n) is 1.46. The molecule has 1 unspecified atom stereocenters. The van der Waals surface area contributed by atoms with Crippen molar-refractivity contribution < 1.29 is 4.94 Å². The van der Waals surface area contributed by atoms with Gasteiger partial charge in [0, 0.05) is 13.1 Å². The van der Waals surface area contributed by atoms with Gasteiger partial charge in [-0.1, -0.05) is 20.3 Å². The van der Waals surface area contributed by atoms with Crippen molar-refractivity contribution in [1.29, 1.82) is 0 Å².